The molecule has 0 aliphatic heterocycles. The minimum Gasteiger partial charge on any atom is -0.334 e. The number of halogens is 1. The van der Waals surface area contributed by atoms with Crippen molar-refractivity contribution in [2.24, 2.45) is 0 Å². The third kappa shape index (κ3) is 2.84. The normalized spacial score (nSPS) is 14.0. The number of nitrogens with one attached hydrogen (secondary N) is 1. The topological polar surface area (TPSA) is 103 Å². The first-order chi connectivity index (χ1) is 10.0. The van der Waals surface area contributed by atoms with Crippen molar-refractivity contribution in [1.29, 1.82) is 0 Å². The van der Waals surface area contributed by atoms with E-state index in [9.17, 15) is 14.9 Å². The highest BCUT2D eigenvalue weighted by atomic mass is 35.5. The van der Waals surface area contributed by atoms with Gasteiger partial charge in [-0.25, -0.2) is 0 Å². The Morgan fingerprint density at radius 2 is 2.19 bits per heavy atom. The molecule has 1 amide bonds. The van der Waals surface area contributed by atoms with E-state index in [1.165, 1.54) is 24.4 Å². The van der Waals surface area contributed by atoms with Crippen molar-refractivity contribution in [2.45, 2.75) is 18.9 Å². The van der Waals surface area contributed by atoms with Gasteiger partial charge in [0.15, 0.2) is 11.0 Å². The SMILES string of the molecule is O=C(Nc1ccc(Cl)nn1)c1cc([N+](=O)[O-])cn1C1CC1. The standard InChI is InChI=1S/C12H10ClN5O3/c13-10-3-4-11(16-15-10)14-12(19)9-5-8(18(20)21)6-17(9)7-1-2-7/h3-7H,1-2H2,(H,14,16,19). The quantitative estimate of drug-likeness (QED) is 0.690. The Morgan fingerprint density at radius 3 is 2.76 bits per heavy atom. The van der Waals surface area contributed by atoms with E-state index in [1.807, 2.05) is 0 Å². The molecule has 1 aliphatic carbocycles. The summed E-state index contributed by atoms with van der Waals surface area (Å²) >= 11 is 5.61. The summed E-state index contributed by atoms with van der Waals surface area (Å²) in [5, 5.41) is 20.9. The molecule has 0 spiro atoms. The van der Waals surface area contributed by atoms with Crippen molar-refractivity contribution in [2.75, 3.05) is 5.32 Å². The second-order valence-corrected chi connectivity index (χ2v) is 5.06. The number of anilines is 1. The van der Waals surface area contributed by atoms with Gasteiger partial charge in [0.25, 0.3) is 11.6 Å². The number of nitrogens with zero attached hydrogens (tertiary/aromatic N) is 4. The zero-order valence-corrected chi connectivity index (χ0v) is 11.4. The van der Waals surface area contributed by atoms with Gasteiger partial charge in [0, 0.05) is 12.1 Å². The summed E-state index contributed by atoms with van der Waals surface area (Å²) in [4.78, 5) is 22.6. The van der Waals surface area contributed by atoms with Gasteiger partial charge >= 0.3 is 0 Å². The number of carbonyl (C=O) groups excluding carboxylic acids is 1. The van der Waals surface area contributed by atoms with Gasteiger partial charge in [0.2, 0.25) is 0 Å². The number of rotatable bonds is 4. The van der Waals surface area contributed by atoms with Crippen molar-refractivity contribution in [1.82, 2.24) is 14.8 Å². The van der Waals surface area contributed by atoms with E-state index in [-0.39, 0.29) is 28.4 Å². The lowest BCUT2D eigenvalue weighted by Crippen LogP contribution is -2.17. The molecule has 2 heterocycles. The van der Waals surface area contributed by atoms with Crippen LogP contribution in [0.15, 0.2) is 24.4 Å². The second kappa shape index (κ2) is 5.13. The van der Waals surface area contributed by atoms with E-state index in [0.29, 0.717) is 0 Å². The number of amides is 1. The van der Waals surface area contributed by atoms with Crippen molar-refractivity contribution >= 4 is 29.0 Å². The summed E-state index contributed by atoms with van der Waals surface area (Å²) in [6.45, 7) is 0. The van der Waals surface area contributed by atoms with Crippen LogP contribution in [-0.4, -0.2) is 25.6 Å². The second-order valence-electron chi connectivity index (χ2n) is 4.67. The zero-order valence-electron chi connectivity index (χ0n) is 10.7. The van der Waals surface area contributed by atoms with E-state index >= 15 is 0 Å². The number of carbonyl (C=O) groups is 1. The Morgan fingerprint density at radius 1 is 1.43 bits per heavy atom. The lowest BCUT2D eigenvalue weighted by molar-refractivity contribution is -0.384. The molecule has 0 atom stereocenters. The van der Waals surface area contributed by atoms with Gasteiger partial charge in [0.1, 0.15) is 5.69 Å². The van der Waals surface area contributed by atoms with Crippen LogP contribution in [-0.2, 0) is 0 Å². The molecule has 1 saturated carbocycles. The van der Waals surface area contributed by atoms with Crippen LogP contribution in [0, 0.1) is 10.1 Å². The van der Waals surface area contributed by atoms with E-state index < -0.39 is 10.8 Å². The van der Waals surface area contributed by atoms with Crippen LogP contribution in [0.4, 0.5) is 11.5 Å². The highest BCUT2D eigenvalue weighted by Crippen LogP contribution is 2.38. The van der Waals surface area contributed by atoms with Gasteiger partial charge in [0.05, 0.1) is 11.1 Å². The van der Waals surface area contributed by atoms with Crippen LogP contribution in [0.3, 0.4) is 0 Å². The predicted octanol–water partition coefficient (Wildman–Crippen LogP) is 2.43. The fourth-order valence-corrected chi connectivity index (χ4v) is 2.07. The van der Waals surface area contributed by atoms with Crippen molar-refractivity contribution in [3.63, 3.8) is 0 Å². The summed E-state index contributed by atoms with van der Waals surface area (Å²) in [6, 6.07) is 4.41. The smallest absolute Gasteiger partial charge is 0.287 e. The third-order valence-corrected chi connectivity index (χ3v) is 3.29. The van der Waals surface area contributed by atoms with Crippen LogP contribution >= 0.6 is 11.6 Å². The van der Waals surface area contributed by atoms with E-state index in [4.69, 9.17) is 11.6 Å². The molecule has 0 radical (unpaired) electrons. The fraction of sp³-hybridized carbons (Fsp3) is 0.250. The predicted molar refractivity (Wildman–Crippen MR) is 74.4 cm³/mol. The molecule has 1 N–H and O–H groups in total. The van der Waals surface area contributed by atoms with Crippen LogP contribution in [0.2, 0.25) is 5.15 Å². The van der Waals surface area contributed by atoms with Crippen LogP contribution in [0.25, 0.3) is 0 Å². The van der Waals surface area contributed by atoms with Crippen molar-refractivity contribution < 1.29 is 9.72 Å². The average Bonchev–Trinajstić information content (AvgIpc) is 3.19. The minimum absolute atomic E-state index is 0.103. The van der Waals surface area contributed by atoms with Crippen LogP contribution in [0.5, 0.6) is 0 Å². The summed E-state index contributed by atoms with van der Waals surface area (Å²) in [6.07, 6.45) is 3.21. The number of hydrogen-bond acceptors (Lipinski definition) is 5. The highest BCUT2D eigenvalue weighted by Gasteiger charge is 2.30. The van der Waals surface area contributed by atoms with E-state index in [0.717, 1.165) is 12.8 Å². The van der Waals surface area contributed by atoms with Crippen molar-refractivity contribution in [3.8, 4) is 0 Å². The molecular weight excluding hydrogens is 298 g/mol. The lowest BCUT2D eigenvalue weighted by atomic mass is 10.3. The molecule has 0 aromatic carbocycles. The molecule has 2 aromatic rings. The third-order valence-electron chi connectivity index (χ3n) is 3.09. The van der Waals surface area contributed by atoms with Gasteiger partial charge in [-0.2, -0.15) is 0 Å². The minimum atomic E-state index is -0.516. The molecule has 0 unspecified atom stereocenters. The number of nitro groups is 1. The average molecular weight is 308 g/mol. The first-order valence-corrected chi connectivity index (χ1v) is 6.59. The number of hydrogen-bond donors (Lipinski definition) is 1. The largest absolute Gasteiger partial charge is 0.334 e. The first kappa shape index (κ1) is 13.5. The summed E-state index contributed by atoms with van der Waals surface area (Å²) < 4.78 is 1.64. The molecule has 8 nitrogen and oxygen atoms in total. The van der Waals surface area contributed by atoms with E-state index in [2.05, 4.69) is 15.5 Å². The van der Waals surface area contributed by atoms with Crippen LogP contribution < -0.4 is 5.32 Å². The van der Waals surface area contributed by atoms with Gasteiger partial charge in [-0.05, 0) is 25.0 Å². The molecule has 9 heteroatoms. The van der Waals surface area contributed by atoms with Gasteiger partial charge in [-0.1, -0.05) is 11.6 Å². The summed E-state index contributed by atoms with van der Waals surface area (Å²) in [7, 11) is 0. The molecule has 0 bridgehead atoms. The Hall–Kier alpha value is -2.48. The highest BCUT2D eigenvalue weighted by molar-refractivity contribution is 6.29. The Kier molecular flexibility index (Phi) is 3.30. The molecule has 3 rings (SSSR count). The molecule has 2 aromatic heterocycles. The maximum Gasteiger partial charge on any atom is 0.287 e. The maximum absolute atomic E-state index is 12.2. The van der Waals surface area contributed by atoms with Gasteiger partial charge < -0.3 is 9.88 Å². The van der Waals surface area contributed by atoms with E-state index in [1.54, 1.807) is 4.57 Å². The number of aromatic nitrogens is 3. The maximum atomic E-state index is 12.2. The molecule has 1 aliphatic rings. The Labute approximate surface area is 123 Å². The summed E-state index contributed by atoms with van der Waals surface area (Å²) in [5.41, 5.74) is 0.134. The fourth-order valence-electron chi connectivity index (χ4n) is 1.96. The monoisotopic (exact) mass is 307 g/mol. The van der Waals surface area contributed by atoms with Gasteiger partial charge in [-0.15, -0.1) is 10.2 Å². The molecule has 21 heavy (non-hydrogen) atoms. The molecule has 108 valence electrons. The summed E-state index contributed by atoms with van der Waals surface area (Å²) in [5.74, 6) is -0.234. The Balaban J connectivity index is 1.86. The molecule has 0 saturated heterocycles. The van der Waals surface area contributed by atoms with Crippen LogP contribution in [0.1, 0.15) is 29.4 Å². The molecule has 1 fully saturated rings. The molecular formula is C12H10ClN5O3. The Bertz CT molecular complexity index is 708. The first-order valence-electron chi connectivity index (χ1n) is 6.21. The zero-order chi connectivity index (χ0) is 15.0. The lowest BCUT2D eigenvalue weighted by Gasteiger charge is -2.07. The van der Waals surface area contributed by atoms with Gasteiger partial charge in [-0.3, -0.25) is 14.9 Å². The van der Waals surface area contributed by atoms with Crippen molar-refractivity contribution in [3.05, 3.63) is 45.4 Å².